The van der Waals surface area contributed by atoms with E-state index in [1.807, 2.05) is 26.0 Å². The molecular formula is C27H31Cl2FN4O4S. The highest BCUT2D eigenvalue weighted by Crippen LogP contribution is 2.34. The van der Waals surface area contributed by atoms with Crippen LogP contribution in [0.3, 0.4) is 0 Å². The van der Waals surface area contributed by atoms with Crippen molar-refractivity contribution in [2.45, 2.75) is 33.6 Å². The lowest BCUT2D eigenvalue weighted by molar-refractivity contribution is -0.143. The fraction of sp³-hybridized carbons (Fsp3) is 0.407. The highest BCUT2D eigenvalue weighted by atomic mass is 35.5. The lowest BCUT2D eigenvalue weighted by atomic mass is 9.97. The van der Waals surface area contributed by atoms with Gasteiger partial charge in [0.25, 0.3) is 5.91 Å². The van der Waals surface area contributed by atoms with Crippen molar-refractivity contribution in [1.82, 2.24) is 15.1 Å². The van der Waals surface area contributed by atoms with Crippen molar-refractivity contribution in [2.24, 2.45) is 5.92 Å². The van der Waals surface area contributed by atoms with Gasteiger partial charge < -0.3 is 9.84 Å². The quantitative estimate of drug-likeness (QED) is 0.329. The van der Waals surface area contributed by atoms with Crippen molar-refractivity contribution in [3.05, 3.63) is 57.9 Å². The van der Waals surface area contributed by atoms with E-state index in [2.05, 4.69) is 15.1 Å². The first-order valence-corrected chi connectivity index (χ1v) is 13.7. The number of aliphatic carboxylic acids is 1. The van der Waals surface area contributed by atoms with Gasteiger partial charge in [-0.2, -0.15) is 0 Å². The molecule has 1 aliphatic rings. The third-order valence-electron chi connectivity index (χ3n) is 6.69. The molecule has 2 aromatic carbocycles. The molecule has 0 unspecified atom stereocenters. The van der Waals surface area contributed by atoms with E-state index in [-0.39, 0.29) is 35.5 Å². The molecular weight excluding hydrogens is 566 g/mol. The van der Waals surface area contributed by atoms with Crippen LogP contribution in [-0.4, -0.2) is 64.9 Å². The maximum atomic E-state index is 14.5. The predicted octanol–water partition coefficient (Wildman–Crippen LogP) is 5.88. The summed E-state index contributed by atoms with van der Waals surface area (Å²) in [5.41, 5.74) is 2.64. The number of rotatable bonds is 9. The Kier molecular flexibility index (Phi) is 10.7. The number of benzene rings is 2. The van der Waals surface area contributed by atoms with Crippen LogP contribution < -0.4 is 9.64 Å². The number of hydrogen-bond acceptors (Lipinski definition) is 7. The molecule has 1 saturated heterocycles. The molecule has 0 atom stereocenters. The maximum Gasteiger partial charge on any atom is 0.306 e. The molecule has 4 rings (SSSR count). The summed E-state index contributed by atoms with van der Waals surface area (Å²) in [5.74, 6) is -1.43. The summed E-state index contributed by atoms with van der Waals surface area (Å²) in [7, 11) is 0. The SMILES string of the molecule is CCN(C(=O)c1cccc(Cl)c1F)c1nnc(-c2cc(C)c(OCCN3CCC(C(=O)O)CC3)c(C)c2)s1.Cl. The lowest BCUT2D eigenvalue weighted by Crippen LogP contribution is -2.38. The summed E-state index contributed by atoms with van der Waals surface area (Å²) in [4.78, 5) is 27.8. The Labute approximate surface area is 242 Å². The second-order valence-corrected chi connectivity index (χ2v) is 10.6. The minimum Gasteiger partial charge on any atom is -0.492 e. The number of piperidine rings is 1. The van der Waals surface area contributed by atoms with E-state index in [1.165, 1.54) is 34.4 Å². The summed E-state index contributed by atoms with van der Waals surface area (Å²) in [6, 6.07) is 8.28. The number of aryl methyl sites for hydroxylation is 2. The van der Waals surface area contributed by atoms with Crippen LogP contribution in [0.2, 0.25) is 5.02 Å². The van der Waals surface area contributed by atoms with Crippen LogP contribution >= 0.6 is 35.3 Å². The summed E-state index contributed by atoms with van der Waals surface area (Å²) in [5, 5.41) is 18.6. The number of carboxylic acids is 1. The number of amides is 1. The summed E-state index contributed by atoms with van der Waals surface area (Å²) < 4.78 is 20.6. The van der Waals surface area contributed by atoms with Gasteiger partial charge in [0.05, 0.1) is 16.5 Å². The smallest absolute Gasteiger partial charge is 0.306 e. The van der Waals surface area contributed by atoms with Crippen LogP contribution in [0.5, 0.6) is 5.75 Å². The van der Waals surface area contributed by atoms with Gasteiger partial charge in [-0.3, -0.25) is 19.4 Å². The van der Waals surface area contributed by atoms with E-state index in [1.54, 1.807) is 6.92 Å². The number of carboxylic acid groups (broad SMARTS) is 1. The van der Waals surface area contributed by atoms with Gasteiger partial charge >= 0.3 is 5.97 Å². The number of halogens is 3. The van der Waals surface area contributed by atoms with Crippen LogP contribution in [0.1, 0.15) is 41.3 Å². The van der Waals surface area contributed by atoms with Crippen LogP contribution in [0.15, 0.2) is 30.3 Å². The molecule has 1 fully saturated rings. The number of hydrogen-bond donors (Lipinski definition) is 1. The summed E-state index contributed by atoms with van der Waals surface area (Å²) in [6.45, 7) is 8.78. The standard InChI is InChI=1S/C27H30ClFN4O4S.ClH/c1-4-33(25(34)20-6-5-7-21(28)22(20)29)27-31-30-24(38-27)19-14-16(2)23(17(3)15-19)37-13-12-32-10-8-18(9-11-32)26(35)36;/h5-7,14-15,18H,4,8-13H2,1-3H3,(H,35,36);1H. The van der Waals surface area contributed by atoms with E-state index in [9.17, 15) is 14.0 Å². The molecule has 0 spiro atoms. The molecule has 2 heterocycles. The zero-order valence-corrected chi connectivity index (χ0v) is 24.3. The molecule has 39 heavy (non-hydrogen) atoms. The molecule has 1 amide bonds. The monoisotopic (exact) mass is 596 g/mol. The maximum absolute atomic E-state index is 14.5. The molecule has 8 nitrogen and oxygen atoms in total. The Balaban J connectivity index is 0.00000420. The molecule has 0 aliphatic carbocycles. The van der Waals surface area contributed by atoms with E-state index >= 15 is 0 Å². The first kappa shape index (κ1) is 30.7. The van der Waals surface area contributed by atoms with E-state index < -0.39 is 17.7 Å². The van der Waals surface area contributed by atoms with Gasteiger partial charge in [0.15, 0.2) is 5.82 Å². The normalized spacial score (nSPS) is 14.1. The minimum absolute atomic E-state index is 0. The first-order chi connectivity index (χ1) is 18.2. The van der Waals surface area contributed by atoms with Crippen LogP contribution in [0, 0.1) is 25.6 Å². The number of carbonyl (C=O) groups excluding carboxylic acids is 1. The van der Waals surface area contributed by atoms with Crippen LogP contribution in [-0.2, 0) is 4.79 Å². The molecule has 0 bridgehead atoms. The van der Waals surface area contributed by atoms with Gasteiger partial charge in [-0.15, -0.1) is 22.6 Å². The fourth-order valence-electron chi connectivity index (χ4n) is 4.60. The molecule has 1 aliphatic heterocycles. The predicted molar refractivity (Wildman–Crippen MR) is 153 cm³/mol. The Morgan fingerprint density at radius 2 is 1.87 bits per heavy atom. The van der Waals surface area contributed by atoms with Crippen LogP contribution in [0.25, 0.3) is 10.6 Å². The highest BCUT2D eigenvalue weighted by Gasteiger charge is 2.25. The topological polar surface area (TPSA) is 95.9 Å². The van der Waals surface area contributed by atoms with Crippen molar-refractivity contribution in [1.29, 1.82) is 0 Å². The zero-order chi connectivity index (χ0) is 27.4. The molecule has 12 heteroatoms. The third kappa shape index (κ3) is 7.05. The number of aromatic nitrogens is 2. The summed E-state index contributed by atoms with van der Waals surface area (Å²) >= 11 is 7.11. The van der Waals surface area contributed by atoms with E-state index in [0.717, 1.165) is 42.1 Å². The number of carbonyl (C=O) groups is 2. The number of ether oxygens (including phenoxy) is 1. The number of likely N-dealkylation sites (tertiary alicyclic amines) is 1. The zero-order valence-electron chi connectivity index (χ0n) is 21.9. The number of anilines is 1. The van der Waals surface area contributed by atoms with Gasteiger partial charge in [0, 0.05) is 18.7 Å². The van der Waals surface area contributed by atoms with E-state index in [4.69, 9.17) is 21.4 Å². The third-order valence-corrected chi connectivity index (χ3v) is 7.97. The molecule has 210 valence electrons. The molecule has 0 saturated carbocycles. The highest BCUT2D eigenvalue weighted by molar-refractivity contribution is 7.18. The minimum atomic E-state index is -0.756. The average molecular weight is 598 g/mol. The number of nitrogens with zero attached hydrogens (tertiary/aromatic N) is 4. The van der Waals surface area contributed by atoms with Gasteiger partial charge in [-0.25, -0.2) is 4.39 Å². The first-order valence-electron chi connectivity index (χ1n) is 12.5. The van der Waals surface area contributed by atoms with Crippen molar-refractivity contribution in [3.8, 4) is 16.3 Å². The van der Waals surface area contributed by atoms with Crippen molar-refractivity contribution in [3.63, 3.8) is 0 Å². The van der Waals surface area contributed by atoms with Gasteiger partial charge in [0.2, 0.25) is 5.13 Å². The summed E-state index contributed by atoms with van der Waals surface area (Å²) in [6.07, 6.45) is 1.34. The Morgan fingerprint density at radius 3 is 2.49 bits per heavy atom. The largest absolute Gasteiger partial charge is 0.492 e. The molecule has 0 radical (unpaired) electrons. The Bertz CT molecular complexity index is 1310. The van der Waals surface area contributed by atoms with E-state index in [0.29, 0.717) is 29.6 Å². The van der Waals surface area contributed by atoms with Crippen molar-refractivity contribution in [2.75, 3.05) is 37.7 Å². The van der Waals surface area contributed by atoms with Crippen molar-refractivity contribution >= 4 is 52.4 Å². The lowest BCUT2D eigenvalue weighted by Gasteiger charge is -2.30. The van der Waals surface area contributed by atoms with Crippen LogP contribution in [0.4, 0.5) is 9.52 Å². The molecule has 1 N–H and O–H groups in total. The molecule has 1 aromatic heterocycles. The fourth-order valence-corrected chi connectivity index (χ4v) is 5.67. The van der Waals surface area contributed by atoms with Gasteiger partial charge in [-0.1, -0.05) is 29.0 Å². The Morgan fingerprint density at radius 1 is 1.21 bits per heavy atom. The average Bonchev–Trinajstić information content (AvgIpc) is 3.37. The van der Waals surface area contributed by atoms with Gasteiger partial charge in [0.1, 0.15) is 17.4 Å². The second kappa shape index (κ2) is 13.5. The van der Waals surface area contributed by atoms with Crippen molar-refractivity contribution < 1.29 is 23.8 Å². The molecule has 3 aromatic rings. The van der Waals surface area contributed by atoms with Gasteiger partial charge in [-0.05, 0) is 82.1 Å². The Hall–Kier alpha value is -2.79. The second-order valence-electron chi connectivity index (χ2n) is 9.28.